The molecule has 0 saturated carbocycles. The molecule has 30 heavy (non-hydrogen) atoms. The SMILES string of the molecule is CC1CN(Cc2ccc(N(C)Sc3ccc(-c4ccc(F)cc4)nc3)cc2)CCN1. The number of benzene rings is 2. The van der Waals surface area contributed by atoms with Crippen LogP contribution in [0.3, 0.4) is 0 Å². The molecule has 1 aliphatic rings. The van der Waals surface area contributed by atoms with Gasteiger partial charge < -0.3 is 9.62 Å². The first-order valence-electron chi connectivity index (χ1n) is 10.3. The highest BCUT2D eigenvalue weighted by Gasteiger charge is 2.15. The van der Waals surface area contributed by atoms with Crippen molar-refractivity contribution in [2.75, 3.05) is 31.0 Å². The lowest BCUT2D eigenvalue weighted by atomic mass is 10.1. The summed E-state index contributed by atoms with van der Waals surface area (Å²) < 4.78 is 15.2. The fraction of sp³-hybridized carbons (Fsp3) is 0.292. The molecule has 1 aliphatic heterocycles. The second-order valence-corrected chi connectivity index (χ2v) is 8.93. The van der Waals surface area contributed by atoms with E-state index in [0.717, 1.165) is 48.0 Å². The van der Waals surface area contributed by atoms with Gasteiger partial charge in [0.1, 0.15) is 5.82 Å². The number of pyridine rings is 1. The summed E-state index contributed by atoms with van der Waals surface area (Å²) in [7, 11) is 2.06. The highest BCUT2D eigenvalue weighted by Crippen LogP contribution is 2.28. The molecule has 1 N–H and O–H groups in total. The third kappa shape index (κ3) is 5.39. The van der Waals surface area contributed by atoms with Gasteiger partial charge in [0, 0.05) is 61.6 Å². The fourth-order valence-electron chi connectivity index (χ4n) is 3.66. The molecule has 0 aliphatic carbocycles. The van der Waals surface area contributed by atoms with Gasteiger partial charge in [0.15, 0.2) is 0 Å². The minimum atomic E-state index is -0.235. The van der Waals surface area contributed by atoms with E-state index in [9.17, 15) is 4.39 Å². The number of hydrogen-bond acceptors (Lipinski definition) is 5. The summed E-state index contributed by atoms with van der Waals surface area (Å²) >= 11 is 1.64. The summed E-state index contributed by atoms with van der Waals surface area (Å²) in [6.07, 6.45) is 1.86. The molecule has 6 heteroatoms. The third-order valence-electron chi connectivity index (χ3n) is 5.28. The predicted octanol–water partition coefficient (Wildman–Crippen LogP) is 4.82. The average Bonchev–Trinajstić information content (AvgIpc) is 2.75. The lowest BCUT2D eigenvalue weighted by Crippen LogP contribution is -2.48. The van der Waals surface area contributed by atoms with E-state index in [2.05, 4.69) is 57.7 Å². The summed E-state index contributed by atoms with van der Waals surface area (Å²) in [6.45, 7) is 6.49. The van der Waals surface area contributed by atoms with Crippen molar-refractivity contribution in [2.45, 2.75) is 24.4 Å². The van der Waals surface area contributed by atoms with Crippen molar-refractivity contribution in [2.24, 2.45) is 0 Å². The van der Waals surface area contributed by atoms with Gasteiger partial charge in [0.2, 0.25) is 0 Å². The van der Waals surface area contributed by atoms with Gasteiger partial charge in [-0.2, -0.15) is 0 Å². The van der Waals surface area contributed by atoms with E-state index < -0.39 is 0 Å². The van der Waals surface area contributed by atoms with Crippen molar-refractivity contribution in [3.63, 3.8) is 0 Å². The summed E-state index contributed by atoms with van der Waals surface area (Å²) in [5.74, 6) is -0.235. The van der Waals surface area contributed by atoms with Crippen LogP contribution < -0.4 is 9.62 Å². The zero-order valence-electron chi connectivity index (χ0n) is 17.4. The van der Waals surface area contributed by atoms with Crippen molar-refractivity contribution in [3.05, 3.63) is 78.2 Å². The molecular formula is C24H27FN4S. The zero-order valence-corrected chi connectivity index (χ0v) is 18.2. The van der Waals surface area contributed by atoms with Gasteiger partial charge in [-0.25, -0.2) is 4.39 Å². The highest BCUT2D eigenvalue weighted by atomic mass is 32.2. The van der Waals surface area contributed by atoms with Crippen LogP contribution in [0, 0.1) is 5.82 Å². The average molecular weight is 423 g/mol. The van der Waals surface area contributed by atoms with E-state index >= 15 is 0 Å². The number of piperazine rings is 1. The third-order valence-corrected chi connectivity index (χ3v) is 6.21. The van der Waals surface area contributed by atoms with Crippen molar-refractivity contribution in [1.82, 2.24) is 15.2 Å². The molecule has 0 spiro atoms. The molecule has 156 valence electrons. The number of anilines is 1. The maximum Gasteiger partial charge on any atom is 0.123 e. The summed E-state index contributed by atoms with van der Waals surface area (Å²) in [4.78, 5) is 8.09. The van der Waals surface area contributed by atoms with Gasteiger partial charge in [-0.15, -0.1) is 0 Å². The Labute approximate surface area is 182 Å². The number of nitrogens with zero attached hydrogens (tertiary/aromatic N) is 3. The second-order valence-electron chi connectivity index (χ2n) is 7.73. The number of nitrogens with one attached hydrogen (secondary N) is 1. The van der Waals surface area contributed by atoms with E-state index in [1.165, 1.54) is 17.7 Å². The first-order chi connectivity index (χ1) is 14.6. The van der Waals surface area contributed by atoms with Crippen molar-refractivity contribution in [1.29, 1.82) is 0 Å². The van der Waals surface area contributed by atoms with Crippen LogP contribution in [0.4, 0.5) is 10.1 Å². The molecule has 0 radical (unpaired) electrons. The Hall–Kier alpha value is -2.41. The van der Waals surface area contributed by atoms with Crippen LogP contribution in [0.25, 0.3) is 11.3 Å². The van der Waals surface area contributed by atoms with Crippen molar-refractivity contribution < 1.29 is 4.39 Å². The van der Waals surface area contributed by atoms with Gasteiger partial charge in [-0.3, -0.25) is 9.88 Å². The standard InChI is InChI=1S/C24H27FN4S/c1-18-16-29(14-13-26-18)17-19-3-9-22(10-4-19)28(2)30-23-11-12-24(27-15-23)20-5-7-21(25)8-6-20/h3-12,15,18,26H,13-14,16-17H2,1-2H3. The molecule has 2 aromatic carbocycles. The lowest BCUT2D eigenvalue weighted by molar-refractivity contribution is 0.199. The molecule has 1 atom stereocenters. The van der Waals surface area contributed by atoms with E-state index in [0.29, 0.717) is 6.04 Å². The number of rotatable bonds is 6. The Balaban J connectivity index is 1.35. The number of halogens is 1. The smallest absolute Gasteiger partial charge is 0.123 e. The van der Waals surface area contributed by atoms with Gasteiger partial charge in [-0.1, -0.05) is 12.1 Å². The van der Waals surface area contributed by atoms with Gasteiger partial charge in [0.05, 0.1) is 5.69 Å². The van der Waals surface area contributed by atoms with E-state index in [4.69, 9.17) is 0 Å². The zero-order chi connectivity index (χ0) is 20.9. The lowest BCUT2D eigenvalue weighted by Gasteiger charge is -2.31. The minimum Gasteiger partial charge on any atom is -0.315 e. The van der Waals surface area contributed by atoms with Crippen LogP contribution in [-0.4, -0.2) is 42.6 Å². The second kappa shape index (κ2) is 9.60. The molecule has 0 amide bonds. The van der Waals surface area contributed by atoms with Crippen LogP contribution in [0.15, 0.2) is 71.8 Å². The molecule has 1 saturated heterocycles. The normalized spacial score (nSPS) is 17.1. The molecule has 0 bridgehead atoms. The van der Waals surface area contributed by atoms with Crippen LogP contribution in [0.2, 0.25) is 0 Å². The Morgan fingerprint density at radius 2 is 1.87 bits per heavy atom. The van der Waals surface area contributed by atoms with Crippen molar-refractivity contribution >= 4 is 17.6 Å². The first-order valence-corrected chi connectivity index (χ1v) is 11.0. The summed E-state index contributed by atoms with van der Waals surface area (Å²) in [5, 5.41) is 3.49. The molecule has 3 aromatic rings. The molecular weight excluding hydrogens is 395 g/mol. The molecule has 4 rings (SSSR count). The van der Waals surface area contributed by atoms with Crippen LogP contribution in [-0.2, 0) is 6.54 Å². The first kappa shape index (κ1) is 20.8. The molecule has 1 aromatic heterocycles. The van der Waals surface area contributed by atoms with E-state index in [1.807, 2.05) is 18.3 Å². The maximum atomic E-state index is 13.1. The largest absolute Gasteiger partial charge is 0.315 e. The highest BCUT2D eigenvalue weighted by molar-refractivity contribution is 8.00. The summed E-state index contributed by atoms with van der Waals surface area (Å²) in [6, 6.07) is 19.8. The Bertz CT molecular complexity index is 944. The van der Waals surface area contributed by atoms with Gasteiger partial charge in [-0.05, 0) is 73.0 Å². The maximum absolute atomic E-state index is 13.1. The van der Waals surface area contributed by atoms with Crippen molar-refractivity contribution in [3.8, 4) is 11.3 Å². The topological polar surface area (TPSA) is 31.4 Å². The fourth-order valence-corrected chi connectivity index (χ4v) is 4.43. The quantitative estimate of drug-likeness (QED) is 0.576. The Morgan fingerprint density at radius 1 is 1.10 bits per heavy atom. The van der Waals surface area contributed by atoms with Gasteiger partial charge >= 0.3 is 0 Å². The molecule has 1 fully saturated rings. The Morgan fingerprint density at radius 3 is 2.53 bits per heavy atom. The minimum absolute atomic E-state index is 0.235. The van der Waals surface area contributed by atoms with Gasteiger partial charge in [0.25, 0.3) is 0 Å². The van der Waals surface area contributed by atoms with E-state index in [1.54, 1.807) is 24.1 Å². The predicted molar refractivity (Wildman–Crippen MR) is 123 cm³/mol. The van der Waals surface area contributed by atoms with E-state index in [-0.39, 0.29) is 5.82 Å². The summed E-state index contributed by atoms with van der Waals surface area (Å²) in [5.41, 5.74) is 4.25. The number of hydrogen-bond donors (Lipinski definition) is 1. The monoisotopic (exact) mass is 422 g/mol. The van der Waals surface area contributed by atoms with Crippen LogP contribution in [0.1, 0.15) is 12.5 Å². The molecule has 2 heterocycles. The Kier molecular flexibility index (Phi) is 6.67. The van der Waals surface area contributed by atoms with Crippen LogP contribution >= 0.6 is 11.9 Å². The number of aromatic nitrogens is 1. The molecule has 4 nitrogen and oxygen atoms in total. The molecule has 1 unspecified atom stereocenters. The van der Waals surface area contributed by atoms with Crippen LogP contribution in [0.5, 0.6) is 0 Å².